The van der Waals surface area contributed by atoms with Crippen molar-refractivity contribution < 1.29 is 0 Å². The second-order valence-corrected chi connectivity index (χ2v) is 14.8. The van der Waals surface area contributed by atoms with E-state index in [1.165, 1.54) is 59.2 Å². The van der Waals surface area contributed by atoms with Crippen LogP contribution in [0.25, 0.3) is 37.4 Å². The van der Waals surface area contributed by atoms with E-state index in [0.29, 0.717) is 17.8 Å². The van der Waals surface area contributed by atoms with E-state index < -0.39 is 0 Å². The molecule has 47 heavy (non-hydrogen) atoms. The fourth-order valence-corrected chi connectivity index (χ4v) is 9.51. The predicted octanol–water partition coefficient (Wildman–Crippen LogP) is 13.3. The van der Waals surface area contributed by atoms with Crippen LogP contribution in [0.5, 0.6) is 0 Å². The molecule has 0 radical (unpaired) electrons. The van der Waals surface area contributed by atoms with E-state index in [1.54, 1.807) is 11.8 Å². The summed E-state index contributed by atoms with van der Waals surface area (Å²) in [4.78, 5) is 3.82. The first-order chi connectivity index (χ1) is 23.2. The lowest BCUT2D eigenvalue weighted by atomic mass is 9.92. The zero-order valence-electron chi connectivity index (χ0n) is 25.9. The molecule has 0 amide bonds. The predicted molar refractivity (Wildman–Crippen MR) is 206 cm³/mol. The summed E-state index contributed by atoms with van der Waals surface area (Å²) in [6.45, 7) is 0. The molecule has 3 heteroatoms. The highest BCUT2D eigenvalue weighted by molar-refractivity contribution is 8.11. The Morgan fingerprint density at radius 3 is 1.89 bits per heavy atom. The molecule has 1 fully saturated rings. The van der Waals surface area contributed by atoms with Crippen molar-refractivity contribution in [2.45, 2.75) is 12.8 Å². The summed E-state index contributed by atoms with van der Waals surface area (Å²) in [7, 11) is 0. The van der Waals surface area contributed by atoms with Gasteiger partial charge >= 0.3 is 0 Å². The topological polar surface area (TPSA) is 0 Å². The first kappa shape index (κ1) is 30.1. The monoisotopic (exact) mass is 661 g/mol. The molecule has 1 aromatic heterocycles. The highest BCUT2D eigenvalue weighted by Gasteiger charge is 2.55. The van der Waals surface area contributed by atoms with Crippen molar-refractivity contribution in [2.24, 2.45) is 17.8 Å². The van der Waals surface area contributed by atoms with Crippen LogP contribution in [0.1, 0.15) is 29.5 Å². The van der Waals surface area contributed by atoms with E-state index in [-0.39, 0.29) is 0 Å². The number of benzene rings is 4. The maximum Gasteiger partial charge on any atom is 0.239 e. The molecule has 3 unspecified atom stereocenters. The standard InChI is InChI=1S/C44H34ClS2/c45-44-35(22-21-30-27-39(32-15-7-2-8-16-32)47-40(28-30)33-17-9-3-10-18-33)23-24-37-42(43(37)44)41(34-19-11-4-12-20-34)36-25-26-46-38(29-36)31-13-5-1-6-14-31/h1-22,25-29,37,42-43H,23-24H2/q+1. The number of halogens is 1. The minimum absolute atomic E-state index is 0.363. The Kier molecular flexibility index (Phi) is 8.65. The summed E-state index contributed by atoms with van der Waals surface area (Å²) < 4.78 is 0. The number of thioether (sulfide) groups is 1. The molecule has 3 aliphatic rings. The molecule has 0 saturated heterocycles. The van der Waals surface area contributed by atoms with Crippen molar-refractivity contribution in [1.82, 2.24) is 0 Å². The van der Waals surface area contributed by atoms with E-state index in [2.05, 4.69) is 163 Å². The number of hydrogen-bond acceptors (Lipinski definition) is 1. The maximum absolute atomic E-state index is 7.36. The van der Waals surface area contributed by atoms with Gasteiger partial charge in [-0.15, -0.1) is 0 Å². The maximum atomic E-state index is 7.36. The van der Waals surface area contributed by atoms with Gasteiger partial charge in [-0.1, -0.05) is 133 Å². The van der Waals surface area contributed by atoms with Gasteiger partial charge in [-0.2, -0.15) is 0 Å². The van der Waals surface area contributed by atoms with Gasteiger partial charge in [0.05, 0.1) is 0 Å². The Hall–Kier alpha value is -4.21. The minimum atomic E-state index is 0.363. The Balaban J connectivity index is 1.14. The van der Waals surface area contributed by atoms with Crippen molar-refractivity contribution in [1.29, 1.82) is 0 Å². The van der Waals surface area contributed by atoms with Crippen LogP contribution in [0.3, 0.4) is 0 Å². The van der Waals surface area contributed by atoms with Crippen molar-refractivity contribution in [2.75, 3.05) is 0 Å². The first-order valence-corrected chi connectivity index (χ1v) is 18.4. The summed E-state index contributed by atoms with van der Waals surface area (Å²) in [5.41, 5.74) is 10.3. The van der Waals surface area contributed by atoms with E-state index in [0.717, 1.165) is 17.9 Å². The van der Waals surface area contributed by atoms with Gasteiger partial charge in [0, 0.05) is 39.1 Å². The summed E-state index contributed by atoms with van der Waals surface area (Å²) >= 11 is 11.0. The van der Waals surface area contributed by atoms with E-state index in [9.17, 15) is 0 Å². The third-order valence-electron chi connectivity index (χ3n) is 9.44. The van der Waals surface area contributed by atoms with Gasteiger partial charge in [0.1, 0.15) is 0 Å². The lowest BCUT2D eigenvalue weighted by Gasteiger charge is -2.16. The average Bonchev–Trinajstić information content (AvgIpc) is 3.87. The summed E-state index contributed by atoms with van der Waals surface area (Å²) in [5, 5.41) is 3.29. The van der Waals surface area contributed by atoms with Crippen LogP contribution in [0.15, 0.2) is 173 Å². The highest BCUT2D eigenvalue weighted by atomic mass is 35.5. The summed E-state index contributed by atoms with van der Waals surface area (Å²) in [5.74, 6) is 1.36. The van der Waals surface area contributed by atoms with Crippen LogP contribution in [0.2, 0.25) is 0 Å². The molecule has 1 aliphatic heterocycles. The van der Waals surface area contributed by atoms with Crippen LogP contribution in [0, 0.1) is 17.8 Å². The molecule has 3 atom stereocenters. The Bertz CT molecular complexity index is 2000. The van der Waals surface area contributed by atoms with Crippen LogP contribution >= 0.6 is 34.7 Å². The molecule has 2 aliphatic carbocycles. The normalized spacial score (nSPS) is 21.4. The van der Waals surface area contributed by atoms with Gasteiger partial charge in [0.2, 0.25) is 21.1 Å². The number of rotatable bonds is 7. The molecule has 0 spiro atoms. The molecule has 4 aromatic carbocycles. The molecule has 5 aromatic rings. The molecule has 228 valence electrons. The van der Waals surface area contributed by atoms with Gasteiger partial charge in [-0.05, 0) is 99.9 Å². The number of allylic oxidation sites excluding steroid dienone is 7. The molecule has 0 nitrogen and oxygen atoms in total. The van der Waals surface area contributed by atoms with E-state index in [4.69, 9.17) is 11.6 Å². The van der Waals surface area contributed by atoms with Crippen LogP contribution < -0.4 is 0 Å². The van der Waals surface area contributed by atoms with Crippen molar-refractivity contribution in [3.8, 4) is 20.9 Å². The van der Waals surface area contributed by atoms with Crippen LogP contribution in [0.4, 0.5) is 0 Å². The van der Waals surface area contributed by atoms with Crippen molar-refractivity contribution >= 4 is 51.3 Å². The fourth-order valence-electron chi connectivity index (χ4n) is 7.09. The molecule has 1 saturated carbocycles. The second-order valence-electron chi connectivity index (χ2n) is 12.3. The molecule has 2 heterocycles. The molecule has 0 N–H and O–H groups in total. The number of hydrogen-bond donors (Lipinski definition) is 0. The average molecular weight is 662 g/mol. The molecular formula is C44H34ClS2+. The van der Waals surface area contributed by atoms with E-state index >= 15 is 0 Å². The fraction of sp³-hybridized carbons (Fsp3) is 0.114. The van der Waals surface area contributed by atoms with Gasteiger partial charge in [0.15, 0.2) is 0 Å². The zero-order valence-corrected chi connectivity index (χ0v) is 28.3. The van der Waals surface area contributed by atoms with Crippen molar-refractivity contribution in [3.05, 3.63) is 190 Å². The van der Waals surface area contributed by atoms with Gasteiger partial charge in [-0.25, -0.2) is 0 Å². The van der Waals surface area contributed by atoms with Gasteiger partial charge in [-0.3, -0.25) is 0 Å². The second kappa shape index (κ2) is 13.5. The van der Waals surface area contributed by atoms with E-state index in [1.807, 2.05) is 11.3 Å². The van der Waals surface area contributed by atoms with Crippen LogP contribution in [-0.2, 0) is 0 Å². The molecule has 8 rings (SSSR count). The third kappa shape index (κ3) is 6.39. The number of fused-ring (bicyclic) bond motifs is 1. The van der Waals surface area contributed by atoms with Gasteiger partial charge < -0.3 is 0 Å². The SMILES string of the molecule is ClC1=C(C=Cc2cc(-c3ccccc3)[s+]c(-c3ccccc3)c2)CCC2C1C2C(=C1C=CSC(c2ccccc2)=C1)c1ccccc1. The largest absolute Gasteiger partial charge is 0.239 e. The van der Waals surface area contributed by atoms with Crippen LogP contribution in [-0.4, -0.2) is 0 Å². The lowest BCUT2D eigenvalue weighted by Crippen LogP contribution is -1.97. The lowest BCUT2D eigenvalue weighted by molar-refractivity contribution is 0.653. The molecular weight excluding hydrogens is 628 g/mol. The quantitative estimate of drug-likeness (QED) is 0.156. The van der Waals surface area contributed by atoms with Crippen molar-refractivity contribution in [3.63, 3.8) is 0 Å². The Morgan fingerprint density at radius 2 is 1.28 bits per heavy atom. The highest BCUT2D eigenvalue weighted by Crippen LogP contribution is 2.64. The summed E-state index contributed by atoms with van der Waals surface area (Å²) in [6.07, 6.45) is 11.4. The smallest absolute Gasteiger partial charge is 0.0974 e. The minimum Gasteiger partial charge on any atom is -0.0974 e. The first-order valence-electron chi connectivity index (χ1n) is 16.3. The van der Waals surface area contributed by atoms with Gasteiger partial charge in [0.25, 0.3) is 0 Å². The summed E-state index contributed by atoms with van der Waals surface area (Å²) in [6, 6.07) is 47.7. The molecule has 0 bridgehead atoms. The Morgan fingerprint density at radius 1 is 0.702 bits per heavy atom. The third-order valence-corrected chi connectivity index (χ3v) is 12.0. The zero-order chi connectivity index (χ0) is 31.6. The Labute approximate surface area is 291 Å².